The van der Waals surface area contributed by atoms with Crippen LogP contribution in [0.4, 0.5) is 0 Å². The van der Waals surface area contributed by atoms with Gasteiger partial charge in [0, 0.05) is 5.38 Å². The Balaban J connectivity index is 2.99. The van der Waals surface area contributed by atoms with Gasteiger partial charge in [-0.1, -0.05) is 6.92 Å². The summed E-state index contributed by atoms with van der Waals surface area (Å²) in [6.45, 7) is 1.94. The molecule has 0 N–H and O–H groups in total. The topological polar surface area (TPSA) is 47.0 Å². The van der Waals surface area contributed by atoms with Gasteiger partial charge in [-0.15, -0.1) is 11.3 Å². The number of aromatic nitrogens is 1. The SMILES string of the molecule is CCc1nc([SH](=O)=O)cs1. The van der Waals surface area contributed by atoms with E-state index in [1.54, 1.807) is 5.38 Å². The second kappa shape index (κ2) is 3.12. The first-order valence-corrected chi connectivity index (χ1v) is 4.88. The Bertz CT molecular complexity index is 282. The van der Waals surface area contributed by atoms with Gasteiger partial charge in [-0.05, 0) is 6.42 Å². The Morgan fingerprint density at radius 1 is 1.70 bits per heavy atom. The number of rotatable bonds is 2. The summed E-state index contributed by atoms with van der Waals surface area (Å²) in [5.74, 6) is 0. The molecule has 0 radical (unpaired) electrons. The number of hydrogen-bond acceptors (Lipinski definition) is 4. The van der Waals surface area contributed by atoms with Crippen molar-refractivity contribution in [2.45, 2.75) is 18.4 Å². The van der Waals surface area contributed by atoms with E-state index in [4.69, 9.17) is 0 Å². The van der Waals surface area contributed by atoms with Crippen molar-refractivity contribution in [3.8, 4) is 0 Å². The number of thiazole rings is 1. The fraction of sp³-hybridized carbons (Fsp3) is 0.400. The molecule has 0 aliphatic heterocycles. The van der Waals surface area contributed by atoms with Gasteiger partial charge in [0.2, 0.25) is 0 Å². The first kappa shape index (κ1) is 7.68. The lowest BCUT2D eigenvalue weighted by molar-refractivity contribution is 0.611. The average molecular weight is 177 g/mol. The highest BCUT2D eigenvalue weighted by Gasteiger charge is 1.99. The molecule has 0 unspecified atom stereocenters. The zero-order valence-electron chi connectivity index (χ0n) is 5.40. The highest BCUT2D eigenvalue weighted by Crippen LogP contribution is 2.10. The second-order valence-corrected chi connectivity index (χ2v) is 3.63. The van der Waals surface area contributed by atoms with Crippen LogP contribution in [0.5, 0.6) is 0 Å². The van der Waals surface area contributed by atoms with Gasteiger partial charge in [0.05, 0.1) is 5.01 Å². The normalized spacial score (nSPS) is 10.6. The zero-order valence-corrected chi connectivity index (χ0v) is 7.11. The van der Waals surface area contributed by atoms with Gasteiger partial charge in [0.15, 0.2) is 15.7 Å². The van der Waals surface area contributed by atoms with Crippen LogP contribution in [0.3, 0.4) is 0 Å². The van der Waals surface area contributed by atoms with E-state index in [1.807, 2.05) is 6.92 Å². The predicted molar refractivity (Wildman–Crippen MR) is 40.1 cm³/mol. The maximum absolute atomic E-state index is 10.3. The largest absolute Gasteiger partial charge is 0.230 e. The fourth-order valence-corrected chi connectivity index (χ4v) is 1.93. The summed E-state index contributed by atoms with van der Waals surface area (Å²) in [7, 11) is -2.48. The van der Waals surface area contributed by atoms with E-state index in [0.29, 0.717) is 0 Å². The summed E-state index contributed by atoms with van der Waals surface area (Å²) < 4.78 is 20.6. The Labute approximate surface area is 64.7 Å². The van der Waals surface area contributed by atoms with Crippen LogP contribution in [0, 0.1) is 0 Å². The molecule has 0 amide bonds. The smallest absolute Gasteiger partial charge is 0.186 e. The summed E-state index contributed by atoms with van der Waals surface area (Å²) in [4.78, 5) is 3.85. The third-order valence-electron chi connectivity index (χ3n) is 1.03. The minimum atomic E-state index is -2.48. The minimum Gasteiger partial charge on any atom is -0.230 e. The molecule has 0 fully saturated rings. The lowest BCUT2D eigenvalue weighted by Gasteiger charge is -1.79. The van der Waals surface area contributed by atoms with Crippen molar-refractivity contribution in [3.05, 3.63) is 10.4 Å². The quantitative estimate of drug-likeness (QED) is 0.676. The zero-order chi connectivity index (χ0) is 7.56. The third kappa shape index (κ3) is 1.54. The second-order valence-electron chi connectivity index (χ2n) is 1.71. The van der Waals surface area contributed by atoms with E-state index in [0.717, 1.165) is 11.4 Å². The van der Waals surface area contributed by atoms with Crippen molar-refractivity contribution in [2.24, 2.45) is 0 Å². The molecule has 10 heavy (non-hydrogen) atoms. The van der Waals surface area contributed by atoms with Crippen LogP contribution >= 0.6 is 11.3 Å². The summed E-state index contributed by atoms with van der Waals surface area (Å²) in [6, 6.07) is 0. The van der Waals surface area contributed by atoms with Crippen molar-refractivity contribution in [3.63, 3.8) is 0 Å². The van der Waals surface area contributed by atoms with Gasteiger partial charge >= 0.3 is 0 Å². The summed E-state index contributed by atoms with van der Waals surface area (Å²) in [5.41, 5.74) is 0. The summed E-state index contributed by atoms with van der Waals surface area (Å²) >= 11 is 1.38. The molecular weight excluding hydrogens is 170 g/mol. The third-order valence-corrected chi connectivity index (χ3v) is 2.80. The van der Waals surface area contributed by atoms with E-state index in [9.17, 15) is 8.42 Å². The van der Waals surface area contributed by atoms with Crippen LogP contribution in [-0.4, -0.2) is 13.4 Å². The number of aryl methyl sites for hydroxylation is 1. The van der Waals surface area contributed by atoms with Crippen molar-refractivity contribution in [2.75, 3.05) is 0 Å². The number of hydrogen-bond donors (Lipinski definition) is 1. The molecule has 0 aromatic carbocycles. The molecule has 0 bridgehead atoms. The Hall–Kier alpha value is -0.420. The van der Waals surface area contributed by atoms with Crippen LogP contribution < -0.4 is 0 Å². The Kier molecular flexibility index (Phi) is 2.39. The molecular formula is C5H7NO2S2. The lowest BCUT2D eigenvalue weighted by Crippen LogP contribution is -1.81. The lowest BCUT2D eigenvalue weighted by atomic mass is 10.5. The first-order valence-electron chi connectivity index (χ1n) is 2.83. The Morgan fingerprint density at radius 2 is 2.40 bits per heavy atom. The van der Waals surface area contributed by atoms with Crippen molar-refractivity contribution >= 4 is 22.0 Å². The van der Waals surface area contributed by atoms with E-state index >= 15 is 0 Å². The molecule has 1 aromatic rings. The van der Waals surface area contributed by atoms with E-state index in [1.165, 1.54) is 11.3 Å². The van der Waals surface area contributed by atoms with Crippen LogP contribution in [0.1, 0.15) is 11.9 Å². The van der Waals surface area contributed by atoms with Gasteiger partial charge in [-0.3, -0.25) is 0 Å². The van der Waals surface area contributed by atoms with E-state index < -0.39 is 10.7 Å². The van der Waals surface area contributed by atoms with Crippen molar-refractivity contribution in [1.82, 2.24) is 4.98 Å². The predicted octanol–water partition coefficient (Wildman–Crippen LogP) is 0.676. The van der Waals surface area contributed by atoms with Gasteiger partial charge in [-0.25, -0.2) is 13.4 Å². The van der Waals surface area contributed by atoms with Crippen LogP contribution in [0.15, 0.2) is 10.4 Å². The molecule has 0 aliphatic carbocycles. The summed E-state index contributed by atoms with van der Waals surface area (Å²) in [5, 5.41) is 2.62. The minimum absolute atomic E-state index is 0.192. The molecule has 1 rings (SSSR count). The molecule has 0 saturated heterocycles. The van der Waals surface area contributed by atoms with Crippen molar-refractivity contribution in [1.29, 1.82) is 0 Å². The molecule has 3 nitrogen and oxygen atoms in total. The van der Waals surface area contributed by atoms with Crippen LogP contribution in [0.2, 0.25) is 0 Å². The van der Waals surface area contributed by atoms with Crippen molar-refractivity contribution < 1.29 is 8.42 Å². The van der Waals surface area contributed by atoms with Gasteiger partial charge in [0.25, 0.3) is 0 Å². The van der Waals surface area contributed by atoms with E-state index in [2.05, 4.69) is 4.98 Å². The highest BCUT2D eigenvalue weighted by molar-refractivity contribution is 7.72. The standard InChI is InChI=1S/C5H7NO2S2/c1-2-4-6-5(3-9-4)10(7)8/h3,10H,2H2,1H3. The van der Waals surface area contributed by atoms with Gasteiger partial charge in [-0.2, -0.15) is 0 Å². The summed E-state index contributed by atoms with van der Waals surface area (Å²) in [6.07, 6.45) is 0.799. The first-order chi connectivity index (χ1) is 4.74. The van der Waals surface area contributed by atoms with E-state index in [-0.39, 0.29) is 5.03 Å². The maximum atomic E-state index is 10.3. The molecule has 5 heteroatoms. The Morgan fingerprint density at radius 3 is 2.70 bits per heavy atom. The fourth-order valence-electron chi connectivity index (χ4n) is 0.547. The molecule has 0 saturated carbocycles. The molecule has 56 valence electrons. The number of nitrogens with zero attached hydrogens (tertiary/aromatic N) is 1. The average Bonchev–Trinajstić information content (AvgIpc) is 2.34. The molecule has 1 heterocycles. The molecule has 0 aliphatic rings. The number of thiol groups is 1. The van der Waals surface area contributed by atoms with Crippen LogP contribution in [0.25, 0.3) is 0 Å². The molecule has 0 atom stereocenters. The molecule has 1 aromatic heterocycles. The highest BCUT2D eigenvalue weighted by atomic mass is 32.2. The van der Waals surface area contributed by atoms with Crippen LogP contribution in [-0.2, 0) is 17.1 Å². The van der Waals surface area contributed by atoms with Gasteiger partial charge < -0.3 is 0 Å². The monoisotopic (exact) mass is 177 g/mol. The molecule has 0 spiro atoms. The maximum Gasteiger partial charge on any atom is 0.186 e. The van der Waals surface area contributed by atoms with Gasteiger partial charge in [0.1, 0.15) is 0 Å².